The molecule has 1 fully saturated rings. The topological polar surface area (TPSA) is 29.6 Å². The smallest absolute Gasteiger partial charge is 0.313 e. The molecular formula is C23H44ClNO2. The first-order chi connectivity index (χ1) is 12.6. The van der Waals surface area contributed by atoms with E-state index in [4.69, 9.17) is 4.74 Å². The summed E-state index contributed by atoms with van der Waals surface area (Å²) in [7, 11) is 4.03. The standard InChI is InChI=1S/C23H44NO2.ClH/c1-4-5-6-7-8-9-10-11-12-13-14-15-16-17-18-19-23(25)24(2,3)20-22-21-26-22;/h11-12,22H,4-10,13-21H2,1-3H3;1H/q+1;/p-1/b12-11-;. The van der Waals surface area contributed by atoms with Gasteiger partial charge in [-0.1, -0.05) is 70.4 Å². The summed E-state index contributed by atoms with van der Waals surface area (Å²) in [5.41, 5.74) is 0. The first-order valence-corrected chi connectivity index (χ1v) is 11.2. The molecule has 0 bridgehead atoms. The third-order valence-corrected chi connectivity index (χ3v) is 5.39. The van der Waals surface area contributed by atoms with E-state index in [2.05, 4.69) is 19.1 Å². The van der Waals surface area contributed by atoms with E-state index in [1.165, 1.54) is 77.0 Å². The van der Waals surface area contributed by atoms with Crippen molar-refractivity contribution in [2.45, 2.75) is 103 Å². The van der Waals surface area contributed by atoms with E-state index < -0.39 is 0 Å². The highest BCUT2D eigenvalue weighted by molar-refractivity contribution is 5.68. The van der Waals surface area contributed by atoms with Crippen molar-refractivity contribution in [3.63, 3.8) is 0 Å². The highest BCUT2D eigenvalue weighted by Gasteiger charge is 2.35. The summed E-state index contributed by atoms with van der Waals surface area (Å²) >= 11 is 0. The first-order valence-electron chi connectivity index (χ1n) is 11.2. The number of likely N-dealkylation sites (N-methyl/N-ethyl adjacent to an activating group) is 1. The summed E-state index contributed by atoms with van der Waals surface area (Å²) in [4.78, 5) is 12.3. The molecule has 1 saturated heterocycles. The lowest BCUT2D eigenvalue weighted by Gasteiger charge is -2.26. The normalized spacial score (nSPS) is 16.5. The van der Waals surface area contributed by atoms with Crippen LogP contribution in [0, 0.1) is 0 Å². The minimum atomic E-state index is 0. The van der Waals surface area contributed by atoms with Gasteiger partial charge in [-0.2, -0.15) is 0 Å². The lowest BCUT2D eigenvalue weighted by atomic mass is 10.1. The van der Waals surface area contributed by atoms with Crippen LogP contribution in [-0.2, 0) is 9.53 Å². The number of allylic oxidation sites excluding steroid dienone is 2. The number of nitrogens with zero attached hydrogens (tertiary/aromatic N) is 1. The maximum atomic E-state index is 12.3. The molecule has 0 saturated carbocycles. The van der Waals surface area contributed by atoms with Crippen molar-refractivity contribution in [1.82, 2.24) is 0 Å². The molecule has 1 aliphatic rings. The Morgan fingerprint density at radius 1 is 0.889 bits per heavy atom. The molecule has 1 rings (SSSR count). The highest BCUT2D eigenvalue weighted by Crippen LogP contribution is 2.17. The molecule has 1 unspecified atom stereocenters. The summed E-state index contributed by atoms with van der Waals surface area (Å²) in [6.45, 7) is 3.94. The van der Waals surface area contributed by atoms with Crippen molar-refractivity contribution in [1.29, 1.82) is 0 Å². The van der Waals surface area contributed by atoms with E-state index in [1.807, 2.05) is 14.1 Å². The molecular weight excluding hydrogens is 358 g/mol. The van der Waals surface area contributed by atoms with E-state index in [0.29, 0.717) is 16.5 Å². The SMILES string of the molecule is CCCCCCCC/C=C\CCCCCCCC(=O)[N+](C)(C)CC1CO1.[Cl-]. The van der Waals surface area contributed by atoms with Crippen molar-refractivity contribution in [2.75, 3.05) is 27.2 Å². The van der Waals surface area contributed by atoms with Gasteiger partial charge in [0.05, 0.1) is 27.1 Å². The van der Waals surface area contributed by atoms with Crippen molar-refractivity contribution in [3.05, 3.63) is 12.2 Å². The third kappa shape index (κ3) is 15.2. The van der Waals surface area contributed by atoms with Crippen LogP contribution in [0.5, 0.6) is 0 Å². The Balaban J connectivity index is 0.00000676. The number of carbonyl (C=O) groups excluding carboxylic acids is 1. The fraction of sp³-hybridized carbons (Fsp3) is 0.870. The second-order valence-corrected chi connectivity index (χ2v) is 8.55. The zero-order valence-corrected chi connectivity index (χ0v) is 18.9. The van der Waals surface area contributed by atoms with Crippen molar-refractivity contribution in [3.8, 4) is 0 Å². The van der Waals surface area contributed by atoms with E-state index in [-0.39, 0.29) is 12.4 Å². The van der Waals surface area contributed by atoms with Gasteiger partial charge in [-0.25, -0.2) is 4.79 Å². The van der Waals surface area contributed by atoms with Crippen LogP contribution in [-0.4, -0.2) is 43.7 Å². The Morgan fingerprint density at radius 2 is 1.37 bits per heavy atom. The number of halogens is 1. The molecule has 0 N–H and O–H groups in total. The van der Waals surface area contributed by atoms with E-state index >= 15 is 0 Å². The van der Waals surface area contributed by atoms with Gasteiger partial charge in [0.2, 0.25) is 0 Å². The summed E-state index contributed by atoms with van der Waals surface area (Å²) < 4.78 is 5.73. The Kier molecular flexibility index (Phi) is 16.3. The second-order valence-electron chi connectivity index (χ2n) is 8.55. The van der Waals surface area contributed by atoms with Gasteiger partial charge in [-0.15, -0.1) is 0 Å². The van der Waals surface area contributed by atoms with Crippen molar-refractivity contribution >= 4 is 5.91 Å². The van der Waals surface area contributed by atoms with Crippen LogP contribution in [0.25, 0.3) is 0 Å². The number of hydrogen-bond acceptors (Lipinski definition) is 2. The van der Waals surface area contributed by atoms with Gasteiger partial charge >= 0.3 is 5.91 Å². The summed E-state index contributed by atoms with van der Waals surface area (Å²) in [6.07, 6.45) is 22.7. The average molecular weight is 402 g/mol. The molecule has 3 nitrogen and oxygen atoms in total. The van der Waals surface area contributed by atoms with Gasteiger partial charge in [0.25, 0.3) is 0 Å². The third-order valence-electron chi connectivity index (χ3n) is 5.39. The Labute approximate surface area is 174 Å². The number of quaternary nitrogens is 1. The molecule has 1 heterocycles. The second kappa shape index (κ2) is 16.6. The summed E-state index contributed by atoms with van der Waals surface area (Å²) in [6, 6.07) is 0. The van der Waals surface area contributed by atoms with Crippen LogP contribution in [0.4, 0.5) is 0 Å². The largest absolute Gasteiger partial charge is 1.00 e. The van der Waals surface area contributed by atoms with Crippen LogP contribution in [0.2, 0.25) is 0 Å². The number of rotatable bonds is 17. The fourth-order valence-corrected chi connectivity index (χ4v) is 3.43. The van der Waals surface area contributed by atoms with Gasteiger partial charge in [0.15, 0.2) is 0 Å². The predicted octanol–water partition coefficient (Wildman–Crippen LogP) is 3.03. The number of ether oxygens (including phenoxy) is 1. The summed E-state index contributed by atoms with van der Waals surface area (Å²) in [5, 5.41) is 0. The molecule has 4 heteroatoms. The van der Waals surface area contributed by atoms with Gasteiger partial charge in [0.1, 0.15) is 12.6 Å². The van der Waals surface area contributed by atoms with Gasteiger partial charge in [-0.05, 0) is 32.1 Å². The van der Waals surface area contributed by atoms with Gasteiger partial charge in [0, 0.05) is 0 Å². The first kappa shape index (κ1) is 26.6. The van der Waals surface area contributed by atoms with Crippen LogP contribution >= 0.6 is 0 Å². The average Bonchev–Trinajstić information content (AvgIpc) is 3.41. The quantitative estimate of drug-likeness (QED) is 0.162. The minimum Gasteiger partial charge on any atom is -1.00 e. The molecule has 0 aliphatic carbocycles. The van der Waals surface area contributed by atoms with Gasteiger partial charge < -0.3 is 17.1 Å². The maximum absolute atomic E-state index is 12.3. The Bertz CT molecular complexity index is 392. The van der Waals surface area contributed by atoms with Crippen LogP contribution < -0.4 is 12.4 Å². The maximum Gasteiger partial charge on any atom is 0.313 e. The number of amides is 1. The van der Waals surface area contributed by atoms with E-state index in [9.17, 15) is 4.79 Å². The molecule has 1 amide bonds. The number of unbranched alkanes of at least 4 members (excludes halogenated alkanes) is 11. The molecule has 160 valence electrons. The van der Waals surface area contributed by atoms with E-state index in [1.54, 1.807) is 0 Å². The Hall–Kier alpha value is -0.380. The van der Waals surface area contributed by atoms with Crippen LogP contribution in [0.15, 0.2) is 12.2 Å². The Morgan fingerprint density at radius 3 is 1.89 bits per heavy atom. The fourth-order valence-electron chi connectivity index (χ4n) is 3.43. The molecule has 0 aromatic rings. The molecule has 0 aromatic carbocycles. The molecule has 0 radical (unpaired) electrons. The molecule has 27 heavy (non-hydrogen) atoms. The monoisotopic (exact) mass is 401 g/mol. The predicted molar refractivity (Wildman–Crippen MR) is 111 cm³/mol. The highest BCUT2D eigenvalue weighted by atomic mass is 35.5. The molecule has 1 aliphatic heterocycles. The molecule has 0 aromatic heterocycles. The number of epoxide rings is 1. The molecule has 0 spiro atoms. The lowest BCUT2D eigenvalue weighted by Crippen LogP contribution is -3.00. The number of carbonyl (C=O) groups is 1. The minimum absolute atomic E-state index is 0. The molecule has 1 atom stereocenters. The number of hydrogen-bond donors (Lipinski definition) is 0. The van der Waals surface area contributed by atoms with Crippen LogP contribution in [0.3, 0.4) is 0 Å². The van der Waals surface area contributed by atoms with E-state index in [0.717, 1.165) is 26.0 Å². The van der Waals surface area contributed by atoms with Gasteiger partial charge in [-0.3, -0.25) is 4.48 Å². The summed E-state index contributed by atoms with van der Waals surface area (Å²) in [5.74, 6) is 0.359. The lowest BCUT2D eigenvalue weighted by molar-refractivity contribution is -0.814. The van der Waals surface area contributed by atoms with Crippen molar-refractivity contribution in [2.24, 2.45) is 0 Å². The zero-order valence-electron chi connectivity index (χ0n) is 18.2. The van der Waals surface area contributed by atoms with Crippen molar-refractivity contribution < 1.29 is 26.4 Å². The van der Waals surface area contributed by atoms with Crippen LogP contribution in [0.1, 0.15) is 96.8 Å². The zero-order chi connectivity index (χ0) is 19.1.